The van der Waals surface area contributed by atoms with Gasteiger partial charge in [-0.25, -0.2) is 17.2 Å². The van der Waals surface area contributed by atoms with Crippen LogP contribution in [0, 0.1) is 10.1 Å². The number of hydrogen-bond donors (Lipinski definition) is 0. The Bertz CT molecular complexity index is 658. The van der Waals surface area contributed by atoms with Crippen molar-refractivity contribution in [1.29, 1.82) is 0 Å². The van der Waals surface area contributed by atoms with Crippen LogP contribution in [0.1, 0.15) is 17.6 Å². The first kappa shape index (κ1) is 16.6. The van der Waals surface area contributed by atoms with Crippen molar-refractivity contribution in [1.82, 2.24) is 0 Å². The molecule has 0 N–H and O–H groups in total. The summed E-state index contributed by atoms with van der Waals surface area (Å²) in [5, 5.41) is 10.6. The number of nitrogens with zero attached hydrogens (tertiary/aromatic N) is 1. The smallest absolute Gasteiger partial charge is 0.258 e. The van der Waals surface area contributed by atoms with Gasteiger partial charge in [-0.3, -0.25) is 10.1 Å². The normalized spacial score (nSPS) is 12.8. The summed E-state index contributed by atoms with van der Waals surface area (Å²) in [6.07, 6.45) is -9.14. The van der Waals surface area contributed by atoms with Crippen molar-refractivity contribution in [2.75, 3.05) is 0 Å². The van der Waals surface area contributed by atoms with Gasteiger partial charge in [0.05, 0.1) is 9.82 Å². The maximum atomic E-state index is 12.8. The Hall–Kier alpha value is -1.49. The minimum absolute atomic E-state index is 0.0132. The van der Waals surface area contributed by atoms with Crippen LogP contribution in [-0.2, 0) is 15.2 Å². The van der Waals surface area contributed by atoms with Crippen LogP contribution < -0.4 is 0 Å². The van der Waals surface area contributed by atoms with Crippen molar-refractivity contribution in [2.24, 2.45) is 0 Å². The van der Waals surface area contributed by atoms with E-state index in [9.17, 15) is 40.5 Å². The van der Waals surface area contributed by atoms with E-state index >= 15 is 0 Å². The lowest BCUT2D eigenvalue weighted by Crippen LogP contribution is -2.13. The lowest BCUT2D eigenvalue weighted by atomic mass is 10.1. The molecule has 0 spiro atoms. The predicted molar refractivity (Wildman–Crippen MR) is 56.1 cm³/mol. The van der Waals surface area contributed by atoms with Crippen LogP contribution in [0.5, 0.6) is 0 Å². The Kier molecular flexibility index (Phi) is 4.25. The van der Waals surface area contributed by atoms with E-state index in [1.165, 1.54) is 0 Å². The number of benzene rings is 1. The van der Waals surface area contributed by atoms with E-state index in [1.807, 2.05) is 0 Å². The minimum atomic E-state index is -5.30. The molecule has 0 heterocycles. The molecule has 0 radical (unpaired) electrons. The molecule has 1 aromatic carbocycles. The summed E-state index contributed by atoms with van der Waals surface area (Å²) in [4.78, 5) is 7.44. The molecular formula is C8H3ClF5NO4S. The number of nitro groups is 1. The summed E-state index contributed by atoms with van der Waals surface area (Å²) in [6, 6.07) is 0.166. The third kappa shape index (κ3) is 3.15. The predicted octanol–water partition coefficient (Wildman–Crippen LogP) is 3.48. The van der Waals surface area contributed by atoms with Crippen molar-refractivity contribution in [3.63, 3.8) is 0 Å². The fourth-order valence-electron chi connectivity index (χ4n) is 1.44. The van der Waals surface area contributed by atoms with Gasteiger partial charge in [0.15, 0.2) is 0 Å². The van der Waals surface area contributed by atoms with Crippen LogP contribution in [0.4, 0.5) is 27.6 Å². The van der Waals surface area contributed by atoms with E-state index in [1.54, 1.807) is 0 Å². The van der Waals surface area contributed by atoms with Crippen LogP contribution >= 0.6 is 10.7 Å². The van der Waals surface area contributed by atoms with Gasteiger partial charge >= 0.3 is 6.18 Å². The minimum Gasteiger partial charge on any atom is -0.258 e. The monoisotopic (exact) mass is 339 g/mol. The Balaban J connectivity index is 3.92. The second kappa shape index (κ2) is 5.13. The van der Waals surface area contributed by atoms with Gasteiger partial charge in [0.25, 0.3) is 21.2 Å². The molecule has 1 aromatic rings. The molecule has 0 amide bonds. The molecule has 12 heteroatoms. The highest BCUT2D eigenvalue weighted by Gasteiger charge is 2.43. The van der Waals surface area contributed by atoms with Gasteiger partial charge in [0, 0.05) is 10.7 Å². The first-order valence-electron chi connectivity index (χ1n) is 4.48. The lowest BCUT2D eigenvalue weighted by Gasteiger charge is -2.12. The highest BCUT2D eigenvalue weighted by molar-refractivity contribution is 8.13. The highest BCUT2D eigenvalue weighted by Crippen LogP contribution is 2.44. The number of nitro benzene ring substituents is 1. The topological polar surface area (TPSA) is 77.3 Å². The molecule has 0 unspecified atom stereocenters. The average molecular weight is 340 g/mol. The molecule has 0 aliphatic rings. The van der Waals surface area contributed by atoms with E-state index < -0.39 is 48.3 Å². The third-order valence-corrected chi connectivity index (χ3v) is 3.53. The molecule has 112 valence electrons. The van der Waals surface area contributed by atoms with Crippen LogP contribution in [-0.4, -0.2) is 13.3 Å². The van der Waals surface area contributed by atoms with Crippen LogP contribution in [0.2, 0.25) is 0 Å². The summed E-state index contributed by atoms with van der Waals surface area (Å²) in [5.74, 6) is 0. The van der Waals surface area contributed by atoms with Crippen molar-refractivity contribution < 1.29 is 35.3 Å². The highest BCUT2D eigenvalue weighted by atomic mass is 35.7. The standard InChI is InChI=1S/C8H3ClF5NO4S/c9-20(18,19)4-2-1-3(8(12,13)14)6(15(16)17)5(4)7(10)11/h1-2,7H. The van der Waals surface area contributed by atoms with Crippen molar-refractivity contribution in [3.05, 3.63) is 33.4 Å². The molecule has 1 rings (SSSR count). The quantitative estimate of drug-likeness (QED) is 0.365. The Morgan fingerprint density at radius 1 is 1.25 bits per heavy atom. The summed E-state index contributed by atoms with van der Waals surface area (Å²) >= 11 is 0. The van der Waals surface area contributed by atoms with E-state index in [0.717, 1.165) is 0 Å². The Morgan fingerprint density at radius 2 is 1.75 bits per heavy atom. The first-order chi connectivity index (χ1) is 8.87. The molecule has 20 heavy (non-hydrogen) atoms. The molecule has 0 aliphatic heterocycles. The third-order valence-electron chi connectivity index (χ3n) is 2.15. The first-order valence-corrected chi connectivity index (χ1v) is 6.79. The van der Waals surface area contributed by atoms with Gasteiger partial charge in [0.1, 0.15) is 11.1 Å². The summed E-state index contributed by atoms with van der Waals surface area (Å²) < 4.78 is 85.2. The molecule has 0 fully saturated rings. The molecule has 0 bridgehead atoms. The maximum Gasteiger partial charge on any atom is 0.423 e. The second-order valence-corrected chi connectivity index (χ2v) is 5.90. The number of halogens is 6. The Labute approximate surface area is 112 Å². The summed E-state index contributed by atoms with van der Waals surface area (Å²) in [5.41, 5.74) is -5.91. The van der Waals surface area contributed by atoms with Gasteiger partial charge in [-0.05, 0) is 12.1 Å². The second-order valence-electron chi connectivity index (χ2n) is 3.37. The van der Waals surface area contributed by atoms with Crippen molar-refractivity contribution in [2.45, 2.75) is 17.5 Å². The van der Waals surface area contributed by atoms with Gasteiger partial charge in [-0.2, -0.15) is 13.2 Å². The molecule has 5 nitrogen and oxygen atoms in total. The van der Waals surface area contributed by atoms with Gasteiger partial charge in [0.2, 0.25) is 0 Å². The maximum absolute atomic E-state index is 12.8. The molecule has 0 atom stereocenters. The SMILES string of the molecule is O=[N+]([O-])c1c(C(F)(F)F)ccc(S(=O)(=O)Cl)c1C(F)F. The molecule has 0 saturated heterocycles. The molecule has 0 aromatic heterocycles. The molecule has 0 saturated carbocycles. The summed E-state index contributed by atoms with van der Waals surface area (Å²) in [7, 11) is -0.0902. The lowest BCUT2D eigenvalue weighted by molar-refractivity contribution is -0.389. The van der Waals surface area contributed by atoms with E-state index in [-0.39, 0.29) is 12.1 Å². The fraction of sp³-hybridized carbons (Fsp3) is 0.250. The largest absolute Gasteiger partial charge is 0.423 e. The van der Waals surface area contributed by atoms with E-state index in [2.05, 4.69) is 0 Å². The van der Waals surface area contributed by atoms with Crippen molar-refractivity contribution in [3.8, 4) is 0 Å². The molecular weight excluding hydrogens is 337 g/mol. The average Bonchev–Trinajstić information content (AvgIpc) is 2.24. The number of alkyl halides is 5. The summed E-state index contributed by atoms with van der Waals surface area (Å²) in [6.45, 7) is 0. The van der Waals surface area contributed by atoms with Crippen LogP contribution in [0.3, 0.4) is 0 Å². The van der Waals surface area contributed by atoms with E-state index in [4.69, 9.17) is 10.7 Å². The van der Waals surface area contributed by atoms with Crippen LogP contribution in [0.15, 0.2) is 17.0 Å². The van der Waals surface area contributed by atoms with Crippen LogP contribution in [0.25, 0.3) is 0 Å². The van der Waals surface area contributed by atoms with Crippen molar-refractivity contribution >= 4 is 25.4 Å². The fourth-order valence-corrected chi connectivity index (χ4v) is 2.52. The zero-order valence-electron chi connectivity index (χ0n) is 8.99. The number of hydrogen-bond acceptors (Lipinski definition) is 4. The van der Waals surface area contributed by atoms with Gasteiger partial charge in [-0.1, -0.05) is 0 Å². The zero-order chi connectivity index (χ0) is 15.9. The van der Waals surface area contributed by atoms with Gasteiger partial charge in [-0.15, -0.1) is 0 Å². The van der Waals surface area contributed by atoms with E-state index in [0.29, 0.717) is 0 Å². The van der Waals surface area contributed by atoms with Gasteiger partial charge < -0.3 is 0 Å². The zero-order valence-corrected chi connectivity index (χ0v) is 10.6. The molecule has 0 aliphatic carbocycles. The Morgan fingerprint density at radius 3 is 2.05 bits per heavy atom. The number of rotatable bonds is 3.